The van der Waals surface area contributed by atoms with Gasteiger partial charge in [-0.3, -0.25) is 15.1 Å². The molecule has 0 unspecified atom stereocenters. The van der Waals surface area contributed by atoms with Crippen LogP contribution in [0.25, 0.3) is 11.1 Å². The van der Waals surface area contributed by atoms with Crippen molar-refractivity contribution in [3.8, 4) is 11.1 Å². The lowest BCUT2D eigenvalue weighted by atomic mass is 10.00. The molecular formula is C12H8N2O4. The second-order valence-corrected chi connectivity index (χ2v) is 3.53. The molecule has 2 aromatic rings. The molecule has 6 nitrogen and oxygen atoms in total. The summed E-state index contributed by atoms with van der Waals surface area (Å²) < 4.78 is 0. The van der Waals surface area contributed by atoms with Crippen LogP contribution in [-0.4, -0.2) is 21.0 Å². The van der Waals surface area contributed by atoms with Crippen LogP contribution in [0.4, 0.5) is 5.69 Å². The zero-order valence-electron chi connectivity index (χ0n) is 9.11. The van der Waals surface area contributed by atoms with Crippen molar-refractivity contribution in [3.63, 3.8) is 0 Å². The van der Waals surface area contributed by atoms with Crippen molar-refractivity contribution < 1.29 is 14.8 Å². The molecule has 0 fully saturated rings. The van der Waals surface area contributed by atoms with Gasteiger partial charge in [-0.15, -0.1) is 0 Å². The topological polar surface area (TPSA) is 93.3 Å². The molecule has 1 aromatic heterocycles. The van der Waals surface area contributed by atoms with Crippen LogP contribution in [0.5, 0.6) is 0 Å². The maximum absolute atomic E-state index is 11.1. The zero-order valence-corrected chi connectivity index (χ0v) is 9.11. The molecule has 1 aromatic carbocycles. The van der Waals surface area contributed by atoms with Crippen LogP contribution in [0.1, 0.15) is 10.4 Å². The zero-order chi connectivity index (χ0) is 13.1. The Hall–Kier alpha value is -2.76. The van der Waals surface area contributed by atoms with E-state index in [0.29, 0.717) is 11.1 Å². The Balaban J connectivity index is 2.61. The number of nitro benzene ring substituents is 1. The molecular weight excluding hydrogens is 236 g/mol. The molecule has 0 aliphatic rings. The van der Waals surface area contributed by atoms with Gasteiger partial charge in [0.25, 0.3) is 5.69 Å². The van der Waals surface area contributed by atoms with E-state index >= 15 is 0 Å². The molecule has 0 aliphatic carbocycles. The molecule has 90 valence electrons. The number of carboxylic acid groups (broad SMARTS) is 1. The highest BCUT2D eigenvalue weighted by atomic mass is 16.6. The highest BCUT2D eigenvalue weighted by Gasteiger charge is 2.16. The first-order valence-electron chi connectivity index (χ1n) is 5.01. The van der Waals surface area contributed by atoms with Gasteiger partial charge in [-0.25, -0.2) is 4.79 Å². The highest BCUT2D eigenvalue weighted by molar-refractivity contribution is 5.96. The fraction of sp³-hybridized carbons (Fsp3) is 0. The van der Waals surface area contributed by atoms with Gasteiger partial charge < -0.3 is 5.11 Å². The van der Waals surface area contributed by atoms with Crippen LogP contribution in [0.2, 0.25) is 0 Å². The molecule has 2 rings (SSSR count). The van der Waals surface area contributed by atoms with Gasteiger partial charge in [0.05, 0.1) is 10.5 Å². The molecule has 6 heteroatoms. The summed E-state index contributed by atoms with van der Waals surface area (Å²) in [4.78, 5) is 25.0. The number of aromatic nitrogens is 1. The smallest absolute Gasteiger partial charge is 0.336 e. The Morgan fingerprint density at radius 1 is 1.22 bits per heavy atom. The minimum Gasteiger partial charge on any atom is -0.478 e. The third-order valence-electron chi connectivity index (χ3n) is 2.44. The number of non-ortho nitro benzene ring substituents is 1. The summed E-state index contributed by atoms with van der Waals surface area (Å²) >= 11 is 0. The SMILES string of the molecule is O=C(O)c1cc([N+](=O)[O-])ccc1-c1ccncc1. The summed E-state index contributed by atoms with van der Waals surface area (Å²) in [7, 11) is 0. The summed E-state index contributed by atoms with van der Waals surface area (Å²) in [6, 6.07) is 7.05. The number of carboxylic acids is 1. The fourth-order valence-electron chi connectivity index (χ4n) is 1.61. The van der Waals surface area contributed by atoms with Gasteiger partial charge in [-0.05, 0) is 29.3 Å². The summed E-state index contributed by atoms with van der Waals surface area (Å²) in [6.07, 6.45) is 3.06. The number of hydrogen-bond acceptors (Lipinski definition) is 4. The largest absolute Gasteiger partial charge is 0.478 e. The van der Waals surface area contributed by atoms with Crippen molar-refractivity contribution in [2.45, 2.75) is 0 Å². The number of aromatic carboxylic acids is 1. The van der Waals surface area contributed by atoms with Gasteiger partial charge in [-0.1, -0.05) is 0 Å². The van der Waals surface area contributed by atoms with Gasteiger partial charge >= 0.3 is 5.97 Å². The van der Waals surface area contributed by atoms with E-state index in [1.807, 2.05) is 0 Å². The Bertz CT molecular complexity index is 611. The van der Waals surface area contributed by atoms with E-state index in [1.54, 1.807) is 12.1 Å². The van der Waals surface area contributed by atoms with Gasteiger partial charge in [0.15, 0.2) is 0 Å². The number of carbonyl (C=O) groups is 1. The van der Waals surface area contributed by atoms with Crippen LogP contribution in [0.15, 0.2) is 42.7 Å². The normalized spacial score (nSPS) is 10.0. The van der Waals surface area contributed by atoms with E-state index in [2.05, 4.69) is 4.98 Å². The Morgan fingerprint density at radius 3 is 2.44 bits per heavy atom. The van der Waals surface area contributed by atoms with Gasteiger partial charge in [-0.2, -0.15) is 0 Å². The number of rotatable bonds is 3. The van der Waals surface area contributed by atoms with Gasteiger partial charge in [0, 0.05) is 24.5 Å². The minimum atomic E-state index is -1.20. The predicted molar refractivity (Wildman–Crippen MR) is 63.3 cm³/mol. The van der Waals surface area contributed by atoms with Crippen molar-refractivity contribution >= 4 is 11.7 Å². The number of nitrogens with zero attached hydrogens (tertiary/aromatic N) is 2. The van der Waals surface area contributed by atoms with E-state index in [9.17, 15) is 14.9 Å². The second kappa shape index (κ2) is 4.62. The number of hydrogen-bond donors (Lipinski definition) is 1. The molecule has 0 aliphatic heterocycles. The Morgan fingerprint density at radius 2 is 1.89 bits per heavy atom. The number of benzene rings is 1. The third-order valence-corrected chi connectivity index (χ3v) is 2.44. The molecule has 18 heavy (non-hydrogen) atoms. The van der Waals surface area contributed by atoms with Crippen LogP contribution in [-0.2, 0) is 0 Å². The lowest BCUT2D eigenvalue weighted by molar-refractivity contribution is -0.384. The number of pyridine rings is 1. The number of nitro groups is 1. The monoisotopic (exact) mass is 244 g/mol. The van der Waals surface area contributed by atoms with Crippen molar-refractivity contribution in [1.82, 2.24) is 4.98 Å². The molecule has 0 saturated heterocycles. The van der Waals surface area contributed by atoms with E-state index in [1.165, 1.54) is 24.5 Å². The summed E-state index contributed by atoms with van der Waals surface area (Å²) in [5.74, 6) is -1.20. The molecule has 0 radical (unpaired) electrons. The lowest BCUT2D eigenvalue weighted by Crippen LogP contribution is -2.01. The van der Waals surface area contributed by atoms with Crippen LogP contribution < -0.4 is 0 Å². The minimum absolute atomic E-state index is 0.101. The Labute approximate surface area is 102 Å². The maximum Gasteiger partial charge on any atom is 0.336 e. The van der Waals surface area contributed by atoms with E-state index in [4.69, 9.17) is 5.11 Å². The van der Waals surface area contributed by atoms with E-state index in [-0.39, 0.29) is 11.3 Å². The molecule has 1 heterocycles. The second-order valence-electron chi connectivity index (χ2n) is 3.53. The first-order valence-corrected chi connectivity index (χ1v) is 5.01. The maximum atomic E-state index is 11.1. The van der Waals surface area contributed by atoms with Gasteiger partial charge in [0.1, 0.15) is 0 Å². The predicted octanol–water partition coefficient (Wildman–Crippen LogP) is 2.35. The average molecular weight is 244 g/mol. The third kappa shape index (κ3) is 2.17. The van der Waals surface area contributed by atoms with Crippen LogP contribution in [0, 0.1) is 10.1 Å². The molecule has 0 saturated carbocycles. The highest BCUT2D eigenvalue weighted by Crippen LogP contribution is 2.26. The van der Waals surface area contributed by atoms with Crippen molar-refractivity contribution in [2.24, 2.45) is 0 Å². The van der Waals surface area contributed by atoms with E-state index in [0.717, 1.165) is 6.07 Å². The average Bonchev–Trinajstić information content (AvgIpc) is 2.39. The van der Waals surface area contributed by atoms with Crippen LogP contribution in [0.3, 0.4) is 0 Å². The standard InChI is InChI=1S/C12H8N2O4/c15-12(16)11-7-9(14(17)18)1-2-10(11)8-3-5-13-6-4-8/h1-7H,(H,15,16). The molecule has 0 bridgehead atoms. The molecule has 1 N–H and O–H groups in total. The first-order chi connectivity index (χ1) is 8.59. The first kappa shape index (κ1) is 11.7. The summed E-state index contributed by atoms with van der Waals surface area (Å²) in [5.41, 5.74) is 0.730. The molecule has 0 atom stereocenters. The quantitative estimate of drug-likeness (QED) is 0.660. The summed E-state index contributed by atoms with van der Waals surface area (Å²) in [6.45, 7) is 0. The Kier molecular flexibility index (Phi) is 3.01. The van der Waals surface area contributed by atoms with Crippen molar-refractivity contribution in [2.75, 3.05) is 0 Å². The van der Waals surface area contributed by atoms with E-state index < -0.39 is 10.9 Å². The van der Waals surface area contributed by atoms with Crippen molar-refractivity contribution in [3.05, 3.63) is 58.4 Å². The lowest BCUT2D eigenvalue weighted by Gasteiger charge is -2.05. The van der Waals surface area contributed by atoms with Crippen LogP contribution >= 0.6 is 0 Å². The summed E-state index contributed by atoms with van der Waals surface area (Å²) in [5, 5.41) is 19.7. The molecule has 0 amide bonds. The van der Waals surface area contributed by atoms with Crippen molar-refractivity contribution in [1.29, 1.82) is 0 Å². The fourth-order valence-corrected chi connectivity index (χ4v) is 1.61. The molecule has 0 spiro atoms. The van der Waals surface area contributed by atoms with Gasteiger partial charge in [0.2, 0.25) is 0 Å².